The molecule has 2 heterocycles. The summed E-state index contributed by atoms with van der Waals surface area (Å²) in [4.78, 5) is 12.4. The van der Waals surface area contributed by atoms with Crippen LogP contribution in [-0.2, 0) is 0 Å². The van der Waals surface area contributed by atoms with Crippen LogP contribution in [0.1, 0.15) is 48.2 Å². The molecule has 1 fully saturated rings. The second-order valence-electron chi connectivity index (χ2n) is 5.70. The lowest BCUT2D eigenvalue weighted by atomic mass is 9.95. The number of nitrogens with two attached hydrogens (primary N) is 1. The van der Waals surface area contributed by atoms with E-state index in [1.165, 1.54) is 30.1 Å². The highest BCUT2D eigenvalue weighted by Crippen LogP contribution is 2.19. The Kier molecular flexibility index (Phi) is 4.04. The Bertz CT molecular complexity index is 657. The van der Waals surface area contributed by atoms with Gasteiger partial charge in [-0.15, -0.1) is 5.10 Å². The molecule has 1 amide bonds. The first-order chi connectivity index (χ1) is 10.6. The Labute approximate surface area is 128 Å². The van der Waals surface area contributed by atoms with Crippen molar-refractivity contribution in [2.75, 3.05) is 5.73 Å². The van der Waals surface area contributed by atoms with Crippen LogP contribution in [0.15, 0.2) is 18.3 Å². The minimum Gasteiger partial charge on any atom is -0.383 e. The lowest BCUT2D eigenvalue weighted by Crippen LogP contribution is -2.36. The molecule has 116 valence electrons. The van der Waals surface area contributed by atoms with Gasteiger partial charge in [0, 0.05) is 6.04 Å². The first kappa shape index (κ1) is 14.5. The Morgan fingerprint density at radius 1 is 1.27 bits per heavy atom. The van der Waals surface area contributed by atoms with Crippen LogP contribution in [0.3, 0.4) is 0 Å². The van der Waals surface area contributed by atoms with Gasteiger partial charge in [-0.3, -0.25) is 4.79 Å². The number of nitrogens with one attached hydrogen (secondary N) is 1. The third kappa shape index (κ3) is 2.93. The topological polar surface area (TPSA) is 98.7 Å². The highest BCUT2D eigenvalue weighted by atomic mass is 16.1. The fraction of sp³-hybridized carbons (Fsp3) is 0.467. The molecule has 0 unspecified atom stereocenters. The standard InChI is InChI=1S/C15H20N6O/c1-10-7-8-13(20-19-10)21-14(16)12(9-17-21)15(22)18-11-5-3-2-4-6-11/h7-9,11H,2-6,16H2,1H3,(H,18,22). The van der Waals surface area contributed by atoms with Crippen LogP contribution >= 0.6 is 0 Å². The SMILES string of the molecule is Cc1ccc(-n2ncc(C(=O)NC3CCCCC3)c2N)nn1. The summed E-state index contributed by atoms with van der Waals surface area (Å²) in [6, 6.07) is 3.84. The van der Waals surface area contributed by atoms with Crippen molar-refractivity contribution in [3.05, 3.63) is 29.6 Å². The molecule has 1 aliphatic carbocycles. The number of anilines is 1. The number of aromatic nitrogens is 4. The van der Waals surface area contributed by atoms with Crippen LogP contribution in [0.5, 0.6) is 0 Å². The third-order valence-electron chi connectivity index (χ3n) is 3.99. The van der Waals surface area contributed by atoms with Crippen molar-refractivity contribution >= 4 is 11.7 Å². The van der Waals surface area contributed by atoms with Crippen LogP contribution in [0.4, 0.5) is 5.82 Å². The average Bonchev–Trinajstić information content (AvgIpc) is 2.91. The number of hydrogen-bond acceptors (Lipinski definition) is 5. The predicted molar refractivity (Wildman–Crippen MR) is 82.6 cm³/mol. The number of carbonyl (C=O) groups is 1. The molecule has 1 saturated carbocycles. The van der Waals surface area contributed by atoms with Gasteiger partial charge in [0.25, 0.3) is 5.91 Å². The summed E-state index contributed by atoms with van der Waals surface area (Å²) in [6.45, 7) is 1.85. The zero-order chi connectivity index (χ0) is 15.5. The van der Waals surface area contributed by atoms with Crippen molar-refractivity contribution < 1.29 is 4.79 Å². The molecule has 3 rings (SSSR count). The van der Waals surface area contributed by atoms with Crippen LogP contribution < -0.4 is 11.1 Å². The van der Waals surface area contributed by atoms with E-state index in [4.69, 9.17) is 5.73 Å². The zero-order valence-electron chi connectivity index (χ0n) is 12.6. The maximum absolute atomic E-state index is 12.4. The first-order valence-corrected chi connectivity index (χ1v) is 7.60. The molecular weight excluding hydrogens is 280 g/mol. The van der Waals surface area contributed by atoms with Gasteiger partial charge in [-0.1, -0.05) is 19.3 Å². The Hall–Kier alpha value is -2.44. The quantitative estimate of drug-likeness (QED) is 0.897. The molecule has 0 spiro atoms. The third-order valence-corrected chi connectivity index (χ3v) is 3.99. The smallest absolute Gasteiger partial charge is 0.256 e. The number of amides is 1. The van der Waals surface area contributed by atoms with Crippen LogP contribution in [0.2, 0.25) is 0 Å². The largest absolute Gasteiger partial charge is 0.383 e. The van der Waals surface area contributed by atoms with Crippen molar-refractivity contribution in [2.24, 2.45) is 0 Å². The van der Waals surface area contributed by atoms with Gasteiger partial charge in [0.15, 0.2) is 5.82 Å². The highest BCUT2D eigenvalue weighted by molar-refractivity contribution is 5.98. The fourth-order valence-electron chi connectivity index (χ4n) is 2.73. The molecule has 0 bridgehead atoms. The lowest BCUT2D eigenvalue weighted by molar-refractivity contribution is 0.0928. The van der Waals surface area contributed by atoms with Gasteiger partial charge >= 0.3 is 0 Å². The van der Waals surface area contributed by atoms with Crippen molar-refractivity contribution in [1.82, 2.24) is 25.3 Å². The van der Waals surface area contributed by atoms with Gasteiger partial charge in [0.05, 0.1) is 11.9 Å². The molecule has 7 nitrogen and oxygen atoms in total. The summed E-state index contributed by atoms with van der Waals surface area (Å²) in [7, 11) is 0. The summed E-state index contributed by atoms with van der Waals surface area (Å²) >= 11 is 0. The molecule has 0 aromatic carbocycles. The van der Waals surface area contributed by atoms with Gasteiger partial charge in [-0.2, -0.15) is 14.9 Å². The zero-order valence-corrected chi connectivity index (χ0v) is 12.6. The molecule has 2 aromatic rings. The van der Waals surface area contributed by atoms with E-state index in [2.05, 4.69) is 20.6 Å². The van der Waals surface area contributed by atoms with E-state index >= 15 is 0 Å². The number of aryl methyl sites for hydroxylation is 1. The number of nitrogen functional groups attached to an aromatic ring is 1. The number of rotatable bonds is 3. The highest BCUT2D eigenvalue weighted by Gasteiger charge is 2.21. The first-order valence-electron chi connectivity index (χ1n) is 7.60. The molecule has 0 aliphatic heterocycles. The normalized spacial score (nSPS) is 15.7. The maximum atomic E-state index is 12.4. The Balaban J connectivity index is 1.77. The summed E-state index contributed by atoms with van der Waals surface area (Å²) in [5.41, 5.74) is 7.24. The minimum atomic E-state index is -0.171. The number of hydrogen-bond donors (Lipinski definition) is 2. The van der Waals surface area contributed by atoms with Crippen LogP contribution in [0, 0.1) is 6.92 Å². The molecule has 7 heteroatoms. The summed E-state index contributed by atoms with van der Waals surface area (Å²) in [5, 5.41) is 15.2. The lowest BCUT2D eigenvalue weighted by Gasteiger charge is -2.22. The molecule has 0 radical (unpaired) electrons. The summed E-state index contributed by atoms with van der Waals surface area (Å²) in [5.74, 6) is 0.613. The molecule has 1 aliphatic rings. The van der Waals surface area contributed by atoms with Gasteiger partial charge < -0.3 is 11.1 Å². The van der Waals surface area contributed by atoms with Crippen molar-refractivity contribution in [3.63, 3.8) is 0 Å². The van der Waals surface area contributed by atoms with E-state index in [0.717, 1.165) is 18.5 Å². The van der Waals surface area contributed by atoms with E-state index in [9.17, 15) is 4.79 Å². The minimum absolute atomic E-state index is 0.171. The van der Waals surface area contributed by atoms with E-state index in [0.29, 0.717) is 11.4 Å². The van der Waals surface area contributed by atoms with Crippen LogP contribution in [-0.4, -0.2) is 31.9 Å². The van der Waals surface area contributed by atoms with Crippen molar-refractivity contribution in [2.45, 2.75) is 45.1 Å². The predicted octanol–water partition coefficient (Wildman–Crippen LogP) is 1.62. The van der Waals surface area contributed by atoms with Crippen molar-refractivity contribution in [3.8, 4) is 5.82 Å². The van der Waals surface area contributed by atoms with Gasteiger partial charge in [-0.25, -0.2) is 0 Å². The summed E-state index contributed by atoms with van der Waals surface area (Å²) in [6.07, 6.45) is 7.12. The average molecular weight is 300 g/mol. The molecule has 3 N–H and O–H groups in total. The summed E-state index contributed by atoms with van der Waals surface area (Å²) < 4.78 is 1.43. The fourth-order valence-corrected chi connectivity index (χ4v) is 2.73. The van der Waals surface area contributed by atoms with E-state index in [-0.39, 0.29) is 17.8 Å². The monoisotopic (exact) mass is 300 g/mol. The van der Waals surface area contributed by atoms with E-state index < -0.39 is 0 Å². The Morgan fingerprint density at radius 2 is 2.05 bits per heavy atom. The van der Waals surface area contributed by atoms with Gasteiger partial charge in [0.2, 0.25) is 0 Å². The second-order valence-corrected chi connectivity index (χ2v) is 5.70. The second kappa shape index (κ2) is 6.13. The number of carbonyl (C=O) groups excluding carboxylic acids is 1. The molecule has 0 atom stereocenters. The molecular formula is C15H20N6O. The molecule has 2 aromatic heterocycles. The van der Waals surface area contributed by atoms with Crippen molar-refractivity contribution in [1.29, 1.82) is 0 Å². The van der Waals surface area contributed by atoms with E-state index in [1.54, 1.807) is 6.07 Å². The van der Waals surface area contributed by atoms with E-state index in [1.807, 2.05) is 13.0 Å². The van der Waals surface area contributed by atoms with Gasteiger partial charge in [-0.05, 0) is 31.9 Å². The van der Waals surface area contributed by atoms with Gasteiger partial charge in [0.1, 0.15) is 11.4 Å². The van der Waals surface area contributed by atoms with Crippen LogP contribution in [0.25, 0.3) is 5.82 Å². The number of nitrogens with zero attached hydrogens (tertiary/aromatic N) is 4. The molecule has 0 saturated heterocycles. The Morgan fingerprint density at radius 3 is 2.73 bits per heavy atom. The maximum Gasteiger partial charge on any atom is 0.256 e. The molecule has 22 heavy (non-hydrogen) atoms.